The Morgan fingerprint density at radius 1 is 1.29 bits per heavy atom. The summed E-state index contributed by atoms with van der Waals surface area (Å²) in [6.07, 6.45) is 0.901. The molecule has 0 bridgehead atoms. The minimum atomic E-state index is -0.131. The number of carbonyl (C=O) groups excluding carboxylic acids is 2. The van der Waals surface area contributed by atoms with Gasteiger partial charge < -0.3 is 15.5 Å². The van der Waals surface area contributed by atoms with Crippen molar-refractivity contribution in [3.8, 4) is 0 Å². The lowest BCUT2D eigenvalue weighted by Crippen LogP contribution is -2.38. The maximum atomic E-state index is 12.6. The summed E-state index contributed by atoms with van der Waals surface area (Å²) in [4.78, 5) is 27.7. The van der Waals surface area contributed by atoms with Crippen molar-refractivity contribution in [2.75, 3.05) is 18.4 Å². The van der Waals surface area contributed by atoms with E-state index in [0.29, 0.717) is 30.9 Å². The maximum Gasteiger partial charge on any atom is 0.322 e. The third kappa shape index (κ3) is 3.43. The number of carbonyl (C=O) groups is 2. The van der Waals surface area contributed by atoms with Gasteiger partial charge in [-0.1, -0.05) is 6.07 Å². The van der Waals surface area contributed by atoms with Gasteiger partial charge in [0.1, 0.15) is 0 Å². The Bertz CT molecular complexity index is 769. The summed E-state index contributed by atoms with van der Waals surface area (Å²) >= 11 is 1.75. The van der Waals surface area contributed by atoms with Gasteiger partial charge in [0, 0.05) is 35.8 Å². The highest BCUT2D eigenvalue weighted by Crippen LogP contribution is 2.25. The van der Waals surface area contributed by atoms with E-state index in [2.05, 4.69) is 22.1 Å². The van der Waals surface area contributed by atoms with E-state index < -0.39 is 0 Å². The van der Waals surface area contributed by atoms with Gasteiger partial charge in [-0.3, -0.25) is 4.79 Å². The van der Waals surface area contributed by atoms with Crippen LogP contribution in [0, 0.1) is 6.92 Å². The quantitative estimate of drug-likeness (QED) is 0.897. The van der Waals surface area contributed by atoms with E-state index in [1.807, 2.05) is 24.8 Å². The fourth-order valence-corrected chi connectivity index (χ4v) is 3.67. The molecule has 1 aliphatic rings. The molecule has 1 aliphatic heterocycles. The van der Waals surface area contributed by atoms with Crippen LogP contribution < -0.4 is 10.6 Å². The second kappa shape index (κ2) is 7.05. The predicted molar refractivity (Wildman–Crippen MR) is 96.6 cm³/mol. The van der Waals surface area contributed by atoms with Crippen molar-refractivity contribution in [2.45, 2.75) is 26.8 Å². The largest absolute Gasteiger partial charge is 0.352 e. The Kier molecular flexibility index (Phi) is 4.85. The molecule has 2 N–H and O–H groups in total. The lowest BCUT2D eigenvalue weighted by molar-refractivity contribution is 0.0956. The molecule has 6 heteroatoms. The van der Waals surface area contributed by atoms with Crippen LogP contribution in [0.25, 0.3) is 0 Å². The normalized spacial score (nSPS) is 13.3. The molecule has 0 unspecified atom stereocenters. The summed E-state index contributed by atoms with van der Waals surface area (Å²) in [5.74, 6) is -0.131. The molecule has 24 heavy (non-hydrogen) atoms. The first-order chi connectivity index (χ1) is 11.6. The summed E-state index contributed by atoms with van der Waals surface area (Å²) in [6.45, 7) is 5.73. The molecule has 0 spiro atoms. The summed E-state index contributed by atoms with van der Waals surface area (Å²) in [6, 6.07) is 7.32. The zero-order valence-electron chi connectivity index (χ0n) is 13.9. The van der Waals surface area contributed by atoms with Crippen LogP contribution in [0.2, 0.25) is 0 Å². The van der Waals surface area contributed by atoms with E-state index in [0.717, 1.165) is 12.0 Å². The van der Waals surface area contributed by atoms with E-state index in [1.54, 1.807) is 23.5 Å². The monoisotopic (exact) mass is 343 g/mol. The lowest BCUT2D eigenvalue weighted by Gasteiger charge is -2.27. The van der Waals surface area contributed by atoms with Gasteiger partial charge in [0.25, 0.3) is 5.91 Å². The van der Waals surface area contributed by atoms with Gasteiger partial charge in [-0.05, 0) is 55.0 Å². The van der Waals surface area contributed by atoms with Gasteiger partial charge in [-0.2, -0.15) is 0 Å². The minimum absolute atomic E-state index is 0.122. The SMILES string of the molecule is CCNC(=O)c1ccc(C)c(NC(=O)N2CCc3sccc3C2)c1. The van der Waals surface area contributed by atoms with Crippen LogP contribution >= 0.6 is 11.3 Å². The first-order valence-electron chi connectivity index (χ1n) is 8.08. The van der Waals surface area contributed by atoms with Crippen LogP contribution in [-0.4, -0.2) is 29.9 Å². The number of hydrogen-bond acceptors (Lipinski definition) is 3. The molecule has 2 aromatic rings. The van der Waals surface area contributed by atoms with Crippen LogP contribution in [0.1, 0.15) is 33.3 Å². The number of urea groups is 1. The highest BCUT2D eigenvalue weighted by Gasteiger charge is 2.22. The van der Waals surface area contributed by atoms with Crippen molar-refractivity contribution in [1.82, 2.24) is 10.2 Å². The number of hydrogen-bond donors (Lipinski definition) is 2. The molecule has 0 radical (unpaired) electrons. The molecular formula is C18H21N3O2S. The van der Waals surface area contributed by atoms with E-state index in [9.17, 15) is 9.59 Å². The number of benzene rings is 1. The first kappa shape index (κ1) is 16.5. The van der Waals surface area contributed by atoms with Crippen LogP contribution in [-0.2, 0) is 13.0 Å². The van der Waals surface area contributed by atoms with E-state index in [1.165, 1.54) is 10.4 Å². The Morgan fingerprint density at radius 3 is 2.92 bits per heavy atom. The summed E-state index contributed by atoms with van der Waals surface area (Å²) in [7, 11) is 0. The molecule has 3 amide bonds. The molecule has 0 aliphatic carbocycles. The Labute approximate surface area is 145 Å². The van der Waals surface area contributed by atoms with Crippen LogP contribution in [0.15, 0.2) is 29.6 Å². The molecule has 0 atom stereocenters. The second-order valence-corrected chi connectivity index (χ2v) is 6.86. The van der Waals surface area contributed by atoms with E-state index >= 15 is 0 Å². The predicted octanol–water partition coefficient (Wildman–Crippen LogP) is 3.40. The zero-order chi connectivity index (χ0) is 17.1. The molecule has 1 aromatic carbocycles. The number of rotatable bonds is 3. The lowest BCUT2D eigenvalue weighted by atomic mass is 10.1. The van der Waals surface area contributed by atoms with Crippen molar-refractivity contribution < 1.29 is 9.59 Å². The highest BCUT2D eigenvalue weighted by atomic mass is 32.1. The van der Waals surface area contributed by atoms with Crippen molar-refractivity contribution in [1.29, 1.82) is 0 Å². The molecular weight excluding hydrogens is 322 g/mol. The Hall–Kier alpha value is -2.34. The van der Waals surface area contributed by atoms with Crippen molar-refractivity contribution >= 4 is 29.0 Å². The summed E-state index contributed by atoms with van der Waals surface area (Å²) in [5.41, 5.74) is 3.40. The number of fused-ring (bicyclic) bond motifs is 1. The average Bonchev–Trinajstić information content (AvgIpc) is 3.04. The number of thiophene rings is 1. The second-order valence-electron chi connectivity index (χ2n) is 5.86. The molecule has 1 aromatic heterocycles. The van der Waals surface area contributed by atoms with Gasteiger partial charge in [0.2, 0.25) is 0 Å². The fraction of sp³-hybridized carbons (Fsp3) is 0.333. The summed E-state index contributed by atoms with van der Waals surface area (Å²) < 4.78 is 0. The third-order valence-electron chi connectivity index (χ3n) is 4.17. The molecule has 5 nitrogen and oxygen atoms in total. The zero-order valence-corrected chi connectivity index (χ0v) is 14.7. The summed E-state index contributed by atoms with van der Waals surface area (Å²) in [5, 5.41) is 7.80. The number of nitrogens with one attached hydrogen (secondary N) is 2. The number of nitrogens with zero attached hydrogens (tertiary/aromatic N) is 1. The van der Waals surface area contributed by atoms with E-state index in [4.69, 9.17) is 0 Å². The maximum absolute atomic E-state index is 12.6. The van der Waals surface area contributed by atoms with Gasteiger partial charge >= 0.3 is 6.03 Å². The van der Waals surface area contributed by atoms with Gasteiger partial charge in [-0.25, -0.2) is 4.79 Å². The topological polar surface area (TPSA) is 61.4 Å². The smallest absolute Gasteiger partial charge is 0.322 e. The van der Waals surface area contributed by atoms with Crippen molar-refractivity contribution in [3.05, 3.63) is 51.2 Å². The van der Waals surface area contributed by atoms with Crippen LogP contribution in [0.5, 0.6) is 0 Å². The number of anilines is 1. The van der Waals surface area contributed by atoms with Crippen molar-refractivity contribution in [3.63, 3.8) is 0 Å². The van der Waals surface area contributed by atoms with E-state index in [-0.39, 0.29) is 11.9 Å². The highest BCUT2D eigenvalue weighted by molar-refractivity contribution is 7.10. The molecule has 126 valence electrons. The standard InChI is InChI=1S/C18H21N3O2S/c1-3-19-17(22)13-5-4-12(2)15(10-13)20-18(23)21-8-6-16-14(11-21)7-9-24-16/h4-5,7,9-10H,3,6,8,11H2,1-2H3,(H,19,22)(H,20,23). The number of aryl methyl sites for hydroxylation is 1. The van der Waals surface area contributed by atoms with Crippen LogP contribution in [0.3, 0.4) is 0 Å². The van der Waals surface area contributed by atoms with Crippen molar-refractivity contribution in [2.24, 2.45) is 0 Å². The Balaban J connectivity index is 1.72. The molecule has 2 heterocycles. The molecule has 0 saturated carbocycles. The minimum Gasteiger partial charge on any atom is -0.352 e. The Morgan fingerprint density at radius 2 is 2.12 bits per heavy atom. The van der Waals surface area contributed by atoms with Gasteiger partial charge in [0.05, 0.1) is 0 Å². The fourth-order valence-electron chi connectivity index (χ4n) is 2.78. The third-order valence-corrected chi connectivity index (χ3v) is 5.20. The van der Waals surface area contributed by atoms with Crippen LogP contribution in [0.4, 0.5) is 10.5 Å². The number of amides is 3. The van der Waals surface area contributed by atoms with Gasteiger partial charge in [-0.15, -0.1) is 11.3 Å². The first-order valence-corrected chi connectivity index (χ1v) is 8.96. The van der Waals surface area contributed by atoms with Gasteiger partial charge in [0.15, 0.2) is 0 Å². The average molecular weight is 343 g/mol. The molecule has 0 saturated heterocycles. The molecule has 0 fully saturated rings. The molecule has 3 rings (SSSR count).